The molecule has 0 heterocycles. The van der Waals surface area contributed by atoms with Crippen LogP contribution in [0.1, 0.15) is 37.8 Å². The lowest BCUT2D eigenvalue weighted by Gasteiger charge is -2.36. The van der Waals surface area contributed by atoms with Crippen molar-refractivity contribution in [3.8, 4) is 0 Å². The lowest BCUT2D eigenvalue weighted by molar-refractivity contribution is -0.352. The number of hydrogen-bond donors (Lipinski definition) is 1. The van der Waals surface area contributed by atoms with Gasteiger partial charge in [-0.15, -0.1) is 0 Å². The second kappa shape index (κ2) is 6.30. The smallest absolute Gasteiger partial charge is 0.385 e. The van der Waals surface area contributed by atoms with Gasteiger partial charge in [-0.2, -0.15) is 26.3 Å². The second-order valence-electron chi connectivity index (χ2n) is 5.69. The maximum absolute atomic E-state index is 13.8. The molecule has 0 saturated heterocycles. The molecule has 0 bridgehead atoms. The molecule has 0 aliphatic heterocycles. The molecule has 0 aliphatic carbocycles. The van der Waals surface area contributed by atoms with E-state index in [0.717, 1.165) is 18.9 Å². The van der Waals surface area contributed by atoms with E-state index in [9.17, 15) is 35.8 Å². The molecule has 0 fully saturated rings. The summed E-state index contributed by atoms with van der Waals surface area (Å²) in [5.41, 5.74) is -7.53. The summed E-state index contributed by atoms with van der Waals surface area (Å²) in [4.78, 5) is 0. The summed E-state index contributed by atoms with van der Waals surface area (Å²) < 4.78 is 89.4. The maximum Gasteiger partial charge on any atom is 0.431 e. The summed E-state index contributed by atoms with van der Waals surface area (Å²) in [5, 5.41) is 10.0. The predicted octanol–water partition coefficient (Wildman–Crippen LogP) is 5.07. The highest BCUT2D eigenvalue weighted by Gasteiger charge is 2.73. The Morgan fingerprint density at radius 3 is 1.65 bits per heavy atom. The molecule has 1 nitrogen and oxygen atoms in total. The Morgan fingerprint density at radius 1 is 0.870 bits per heavy atom. The molecule has 0 amide bonds. The summed E-state index contributed by atoms with van der Waals surface area (Å²) in [6.07, 6.45) is -13.1. The van der Waals surface area contributed by atoms with Crippen LogP contribution in [0.15, 0.2) is 24.3 Å². The van der Waals surface area contributed by atoms with Crippen LogP contribution in [0.3, 0.4) is 0 Å². The van der Waals surface area contributed by atoms with Gasteiger partial charge in [0.05, 0.1) is 5.60 Å². The zero-order valence-electron chi connectivity index (χ0n) is 12.5. The van der Waals surface area contributed by atoms with E-state index in [0.29, 0.717) is 6.42 Å². The van der Waals surface area contributed by atoms with Gasteiger partial charge in [0, 0.05) is 6.42 Å². The van der Waals surface area contributed by atoms with E-state index < -0.39 is 30.0 Å². The summed E-state index contributed by atoms with van der Waals surface area (Å²) in [5.74, 6) is 0. The lowest BCUT2D eigenvalue weighted by Crippen LogP contribution is -2.56. The van der Waals surface area contributed by atoms with Crippen LogP contribution in [0.4, 0.5) is 30.7 Å². The molecule has 132 valence electrons. The molecule has 1 atom stereocenters. The van der Waals surface area contributed by atoms with Gasteiger partial charge in [-0.05, 0) is 24.5 Å². The molecular weight excluding hydrogens is 329 g/mol. The number of aliphatic hydroxyl groups is 1. The Balaban J connectivity index is 3.16. The molecule has 0 radical (unpaired) electrons. The Kier molecular flexibility index (Phi) is 5.40. The minimum Gasteiger partial charge on any atom is -0.385 e. The fourth-order valence-electron chi connectivity index (χ4n) is 2.26. The van der Waals surface area contributed by atoms with E-state index in [2.05, 4.69) is 0 Å². The topological polar surface area (TPSA) is 20.2 Å². The quantitative estimate of drug-likeness (QED) is 0.738. The van der Waals surface area contributed by atoms with Crippen LogP contribution in [0.5, 0.6) is 0 Å². The average molecular weight is 346 g/mol. The van der Waals surface area contributed by atoms with E-state index in [4.69, 9.17) is 0 Å². The van der Waals surface area contributed by atoms with Crippen molar-refractivity contribution in [1.29, 1.82) is 0 Å². The van der Waals surface area contributed by atoms with Crippen molar-refractivity contribution in [3.63, 3.8) is 0 Å². The van der Waals surface area contributed by atoms with Crippen molar-refractivity contribution in [2.75, 3.05) is 0 Å². The van der Waals surface area contributed by atoms with Gasteiger partial charge in [0.1, 0.15) is 0 Å². The van der Waals surface area contributed by atoms with Crippen molar-refractivity contribution in [1.82, 2.24) is 0 Å². The molecule has 8 heteroatoms. The van der Waals surface area contributed by atoms with Crippen molar-refractivity contribution in [3.05, 3.63) is 35.4 Å². The monoisotopic (exact) mass is 346 g/mol. The predicted molar refractivity (Wildman–Crippen MR) is 70.6 cm³/mol. The van der Waals surface area contributed by atoms with Crippen LogP contribution in [-0.4, -0.2) is 23.1 Å². The number of alkyl halides is 7. The van der Waals surface area contributed by atoms with Crippen LogP contribution >= 0.6 is 0 Å². The zero-order valence-corrected chi connectivity index (χ0v) is 12.5. The van der Waals surface area contributed by atoms with E-state index in [1.165, 1.54) is 24.3 Å². The molecule has 0 aliphatic rings. The Hall–Kier alpha value is -1.31. The molecular formula is C15H17F7O. The fourth-order valence-corrected chi connectivity index (χ4v) is 2.26. The first kappa shape index (κ1) is 19.7. The van der Waals surface area contributed by atoms with E-state index in [1.54, 1.807) is 0 Å². The van der Waals surface area contributed by atoms with Gasteiger partial charge in [0.15, 0.2) is 0 Å². The lowest BCUT2D eigenvalue weighted by atomic mass is 9.83. The van der Waals surface area contributed by atoms with Crippen LogP contribution in [0.25, 0.3) is 0 Å². The Bertz CT molecular complexity index is 500. The summed E-state index contributed by atoms with van der Waals surface area (Å²) >= 11 is 0. The standard InChI is InChI=1S/C15H17F7O/c1-3-4-10-5-7-11(8-6-10)12(2,23)9-13(16,14(17,18)19)15(20,21)22/h5-8,23H,3-4,9H2,1-2H3. The van der Waals surface area contributed by atoms with Gasteiger partial charge >= 0.3 is 18.0 Å². The van der Waals surface area contributed by atoms with E-state index >= 15 is 0 Å². The molecule has 1 unspecified atom stereocenters. The SMILES string of the molecule is CCCc1ccc(C(C)(O)CC(F)(C(F)(F)F)C(F)(F)F)cc1. The average Bonchev–Trinajstić information content (AvgIpc) is 2.36. The van der Waals surface area contributed by atoms with Gasteiger partial charge in [-0.25, -0.2) is 4.39 Å². The van der Waals surface area contributed by atoms with Gasteiger partial charge in [-0.3, -0.25) is 0 Å². The van der Waals surface area contributed by atoms with Crippen LogP contribution < -0.4 is 0 Å². The molecule has 1 rings (SSSR count). The molecule has 0 saturated carbocycles. The molecule has 1 aromatic rings. The Morgan fingerprint density at radius 2 is 1.30 bits per heavy atom. The molecule has 23 heavy (non-hydrogen) atoms. The van der Waals surface area contributed by atoms with E-state index in [1.807, 2.05) is 6.92 Å². The third kappa shape index (κ3) is 4.16. The van der Waals surface area contributed by atoms with Gasteiger partial charge in [-0.1, -0.05) is 37.6 Å². The highest BCUT2D eigenvalue weighted by Crippen LogP contribution is 2.51. The first-order valence-electron chi connectivity index (χ1n) is 6.89. The summed E-state index contributed by atoms with van der Waals surface area (Å²) in [6.45, 7) is 2.63. The maximum atomic E-state index is 13.8. The largest absolute Gasteiger partial charge is 0.431 e. The van der Waals surface area contributed by atoms with Crippen LogP contribution in [0.2, 0.25) is 0 Å². The van der Waals surface area contributed by atoms with Crippen molar-refractivity contribution >= 4 is 0 Å². The first-order chi connectivity index (χ1) is 10.2. The van der Waals surface area contributed by atoms with Crippen LogP contribution in [-0.2, 0) is 12.0 Å². The molecule has 1 aromatic carbocycles. The molecule has 0 aromatic heterocycles. The van der Waals surface area contributed by atoms with Crippen molar-refractivity contribution in [2.45, 2.75) is 56.7 Å². The van der Waals surface area contributed by atoms with Crippen molar-refractivity contribution < 1.29 is 35.8 Å². The summed E-state index contributed by atoms with van der Waals surface area (Å²) in [6, 6.07) is 5.37. The highest BCUT2D eigenvalue weighted by molar-refractivity contribution is 5.27. The third-order valence-electron chi connectivity index (χ3n) is 3.60. The number of rotatable bonds is 5. The van der Waals surface area contributed by atoms with Gasteiger partial charge in [0.2, 0.25) is 0 Å². The Labute approximate surface area is 129 Å². The highest BCUT2D eigenvalue weighted by atomic mass is 19.4. The number of aryl methyl sites for hydroxylation is 1. The normalized spacial score (nSPS) is 16.3. The van der Waals surface area contributed by atoms with Gasteiger partial charge in [0.25, 0.3) is 0 Å². The second-order valence-corrected chi connectivity index (χ2v) is 5.69. The summed E-state index contributed by atoms with van der Waals surface area (Å²) in [7, 11) is 0. The fraction of sp³-hybridized carbons (Fsp3) is 0.600. The van der Waals surface area contributed by atoms with E-state index in [-0.39, 0.29) is 5.56 Å². The minimum absolute atomic E-state index is 0.215. The van der Waals surface area contributed by atoms with Gasteiger partial charge < -0.3 is 5.11 Å². The number of halogens is 7. The number of hydrogen-bond acceptors (Lipinski definition) is 1. The molecule has 0 spiro atoms. The van der Waals surface area contributed by atoms with Crippen molar-refractivity contribution in [2.24, 2.45) is 0 Å². The third-order valence-corrected chi connectivity index (χ3v) is 3.60. The van der Waals surface area contributed by atoms with Crippen LogP contribution in [0, 0.1) is 0 Å². The molecule has 1 N–H and O–H groups in total. The first-order valence-corrected chi connectivity index (χ1v) is 6.89. The minimum atomic E-state index is -6.18. The number of benzene rings is 1. The zero-order chi connectivity index (χ0) is 18.1.